The third-order valence-electron chi connectivity index (χ3n) is 3.74. The molecule has 0 aliphatic carbocycles. The summed E-state index contributed by atoms with van der Waals surface area (Å²) in [6.07, 6.45) is 1.50. The smallest absolute Gasteiger partial charge is 0.368 e. The molecule has 1 heterocycles. The van der Waals surface area contributed by atoms with Gasteiger partial charge in [-0.15, -0.1) is 0 Å². The summed E-state index contributed by atoms with van der Waals surface area (Å²) in [4.78, 5) is 27.3. The molecule has 0 N–H and O–H groups in total. The number of methoxy groups -OCH3 is 2. The number of benzene rings is 2. The van der Waals surface area contributed by atoms with Gasteiger partial charge >= 0.3 is 5.97 Å². The second kappa shape index (κ2) is 7.06. The number of oxime groups is 1. The molecule has 0 aromatic heterocycles. The molecule has 1 aliphatic heterocycles. The minimum atomic E-state index is -0.638. The van der Waals surface area contributed by atoms with E-state index in [1.165, 1.54) is 38.5 Å². The minimum Gasteiger partial charge on any atom is -0.493 e. The number of carbonyl (C=O) groups excluding carboxylic acids is 1. The summed E-state index contributed by atoms with van der Waals surface area (Å²) in [6.45, 7) is 0. The summed E-state index contributed by atoms with van der Waals surface area (Å²) in [5.41, 5.74) is 1.50. The fourth-order valence-electron chi connectivity index (χ4n) is 2.50. The van der Waals surface area contributed by atoms with Crippen LogP contribution in [-0.4, -0.2) is 30.8 Å². The number of rotatable bonds is 5. The van der Waals surface area contributed by atoms with Gasteiger partial charge in [-0.1, -0.05) is 17.3 Å². The van der Waals surface area contributed by atoms with E-state index < -0.39 is 10.9 Å². The topological polar surface area (TPSA) is 100 Å². The standard InChI is InChI=1S/C18H14N2O6/c1-24-15-7-6-12(10-16(15)25-2)17-14(18(21)26-19-17)9-11-4-3-5-13(8-11)20(22)23/h3-10H,1-2H3. The Hall–Kier alpha value is -3.68. The first-order valence-corrected chi connectivity index (χ1v) is 7.51. The van der Waals surface area contributed by atoms with Crippen LogP contribution in [0.25, 0.3) is 6.08 Å². The van der Waals surface area contributed by atoms with Crippen LogP contribution >= 0.6 is 0 Å². The van der Waals surface area contributed by atoms with Crippen molar-refractivity contribution >= 4 is 23.4 Å². The molecule has 0 saturated heterocycles. The van der Waals surface area contributed by atoms with Crippen molar-refractivity contribution in [3.63, 3.8) is 0 Å². The zero-order valence-electron chi connectivity index (χ0n) is 14.0. The number of hydrogen-bond acceptors (Lipinski definition) is 7. The van der Waals surface area contributed by atoms with Gasteiger partial charge in [0.25, 0.3) is 5.69 Å². The maximum Gasteiger partial charge on any atom is 0.368 e. The Kier molecular flexibility index (Phi) is 4.66. The van der Waals surface area contributed by atoms with Crippen molar-refractivity contribution in [1.29, 1.82) is 0 Å². The van der Waals surface area contributed by atoms with Crippen molar-refractivity contribution in [3.05, 3.63) is 69.3 Å². The summed E-state index contributed by atoms with van der Waals surface area (Å²) < 4.78 is 10.5. The van der Waals surface area contributed by atoms with Crippen LogP contribution in [0.5, 0.6) is 11.5 Å². The quantitative estimate of drug-likeness (QED) is 0.354. The van der Waals surface area contributed by atoms with Gasteiger partial charge in [-0.05, 0) is 29.8 Å². The average molecular weight is 354 g/mol. The fourth-order valence-corrected chi connectivity index (χ4v) is 2.50. The second-order valence-electron chi connectivity index (χ2n) is 5.30. The molecular weight excluding hydrogens is 340 g/mol. The van der Waals surface area contributed by atoms with Gasteiger partial charge in [-0.25, -0.2) is 4.79 Å². The molecule has 8 heteroatoms. The van der Waals surface area contributed by atoms with Crippen LogP contribution in [0.2, 0.25) is 0 Å². The summed E-state index contributed by atoms with van der Waals surface area (Å²) in [6, 6.07) is 11.0. The highest BCUT2D eigenvalue weighted by Crippen LogP contribution is 2.30. The Morgan fingerprint density at radius 3 is 2.58 bits per heavy atom. The molecule has 2 aromatic carbocycles. The van der Waals surface area contributed by atoms with Crippen LogP contribution in [0, 0.1) is 10.1 Å². The van der Waals surface area contributed by atoms with Crippen molar-refractivity contribution in [2.45, 2.75) is 0 Å². The Morgan fingerprint density at radius 2 is 1.88 bits per heavy atom. The van der Waals surface area contributed by atoms with E-state index in [2.05, 4.69) is 5.16 Å². The number of non-ortho nitro benzene ring substituents is 1. The van der Waals surface area contributed by atoms with Gasteiger partial charge in [0.15, 0.2) is 11.5 Å². The SMILES string of the molecule is COc1ccc(C2=NOC(=O)C2=Cc2cccc([N+](=O)[O-])c2)cc1OC. The number of nitro groups is 1. The van der Waals surface area contributed by atoms with Gasteiger partial charge in [-0.3, -0.25) is 10.1 Å². The van der Waals surface area contributed by atoms with Gasteiger partial charge in [0, 0.05) is 17.7 Å². The molecule has 0 saturated carbocycles. The number of nitro benzene ring substituents is 1. The minimum absolute atomic E-state index is 0.0738. The molecule has 0 spiro atoms. The van der Waals surface area contributed by atoms with E-state index in [9.17, 15) is 14.9 Å². The number of ether oxygens (including phenoxy) is 2. The lowest BCUT2D eigenvalue weighted by molar-refractivity contribution is -0.384. The molecule has 0 atom stereocenters. The number of nitrogens with zero attached hydrogens (tertiary/aromatic N) is 2. The van der Waals surface area contributed by atoms with E-state index in [1.54, 1.807) is 24.3 Å². The van der Waals surface area contributed by atoms with Crippen molar-refractivity contribution in [2.24, 2.45) is 5.16 Å². The molecule has 0 amide bonds. The molecule has 26 heavy (non-hydrogen) atoms. The van der Waals surface area contributed by atoms with Crippen LogP contribution < -0.4 is 9.47 Å². The summed E-state index contributed by atoms with van der Waals surface area (Å²) in [7, 11) is 3.02. The third-order valence-corrected chi connectivity index (χ3v) is 3.74. The van der Waals surface area contributed by atoms with Gasteiger partial charge in [0.1, 0.15) is 5.71 Å². The number of carbonyl (C=O) groups is 1. The van der Waals surface area contributed by atoms with E-state index in [4.69, 9.17) is 14.3 Å². The maximum atomic E-state index is 12.1. The van der Waals surface area contributed by atoms with E-state index in [0.29, 0.717) is 28.3 Å². The lowest BCUT2D eigenvalue weighted by Gasteiger charge is -2.09. The molecular formula is C18H14N2O6. The predicted octanol–water partition coefficient (Wildman–Crippen LogP) is 2.96. The van der Waals surface area contributed by atoms with Crippen LogP contribution in [0.3, 0.4) is 0 Å². The first-order chi connectivity index (χ1) is 12.5. The molecule has 132 valence electrons. The Bertz CT molecular complexity index is 948. The maximum absolute atomic E-state index is 12.1. The highest BCUT2D eigenvalue weighted by molar-refractivity contribution is 6.31. The Balaban J connectivity index is 2.02. The zero-order valence-corrected chi connectivity index (χ0v) is 14.0. The molecule has 0 fully saturated rings. The summed E-state index contributed by atoms with van der Waals surface area (Å²) >= 11 is 0. The lowest BCUT2D eigenvalue weighted by atomic mass is 10.00. The predicted molar refractivity (Wildman–Crippen MR) is 93.2 cm³/mol. The van der Waals surface area contributed by atoms with Gasteiger partial charge in [0.2, 0.25) is 0 Å². The zero-order chi connectivity index (χ0) is 18.7. The number of hydrogen-bond donors (Lipinski definition) is 0. The highest BCUT2D eigenvalue weighted by atomic mass is 16.7. The van der Waals surface area contributed by atoms with Crippen LogP contribution in [0.15, 0.2) is 53.2 Å². The monoisotopic (exact) mass is 354 g/mol. The summed E-state index contributed by atoms with van der Waals surface area (Å²) in [5.74, 6) is 0.370. The first-order valence-electron chi connectivity index (χ1n) is 7.51. The van der Waals surface area contributed by atoms with E-state index in [-0.39, 0.29) is 11.3 Å². The van der Waals surface area contributed by atoms with Crippen LogP contribution in [0.4, 0.5) is 5.69 Å². The van der Waals surface area contributed by atoms with Crippen molar-refractivity contribution < 1.29 is 24.0 Å². The van der Waals surface area contributed by atoms with E-state index >= 15 is 0 Å². The Labute approximate surface area is 148 Å². The first kappa shape index (κ1) is 17.2. The molecule has 8 nitrogen and oxygen atoms in total. The van der Waals surface area contributed by atoms with Crippen molar-refractivity contribution in [2.75, 3.05) is 14.2 Å². The lowest BCUT2D eigenvalue weighted by Crippen LogP contribution is -2.07. The normalized spacial score (nSPS) is 14.8. The molecule has 0 radical (unpaired) electrons. The van der Waals surface area contributed by atoms with E-state index in [0.717, 1.165) is 0 Å². The molecule has 0 unspecified atom stereocenters. The average Bonchev–Trinajstić information content (AvgIpc) is 3.01. The van der Waals surface area contributed by atoms with Crippen LogP contribution in [0.1, 0.15) is 11.1 Å². The molecule has 3 rings (SSSR count). The van der Waals surface area contributed by atoms with Crippen molar-refractivity contribution in [3.8, 4) is 11.5 Å². The molecule has 1 aliphatic rings. The second-order valence-corrected chi connectivity index (χ2v) is 5.30. The molecule has 2 aromatic rings. The largest absolute Gasteiger partial charge is 0.493 e. The Morgan fingerprint density at radius 1 is 1.12 bits per heavy atom. The van der Waals surface area contributed by atoms with Crippen LogP contribution in [-0.2, 0) is 9.63 Å². The third kappa shape index (κ3) is 3.25. The fraction of sp³-hybridized carbons (Fsp3) is 0.111. The van der Waals surface area contributed by atoms with Gasteiger partial charge in [0.05, 0.1) is 24.7 Å². The van der Waals surface area contributed by atoms with Crippen molar-refractivity contribution in [1.82, 2.24) is 0 Å². The summed E-state index contributed by atoms with van der Waals surface area (Å²) in [5, 5.41) is 14.7. The van der Waals surface area contributed by atoms with Gasteiger partial charge in [-0.2, -0.15) is 0 Å². The van der Waals surface area contributed by atoms with E-state index in [1.807, 2.05) is 0 Å². The van der Waals surface area contributed by atoms with Gasteiger partial charge < -0.3 is 14.3 Å². The molecule has 0 bridgehead atoms. The highest BCUT2D eigenvalue weighted by Gasteiger charge is 2.27.